The Bertz CT molecular complexity index is 656. The van der Waals surface area contributed by atoms with Crippen LogP contribution in [0.15, 0.2) is 54.6 Å². The maximum absolute atomic E-state index is 11.8. The predicted octanol–water partition coefficient (Wildman–Crippen LogP) is 3.12. The number of Topliss-reactive ketones (excluding diaryl/α,β-unsaturated/α-hetero) is 2. The topological polar surface area (TPSA) is 34.1 Å². The van der Waals surface area contributed by atoms with Gasteiger partial charge in [-0.1, -0.05) is 48.4 Å². The van der Waals surface area contributed by atoms with E-state index in [9.17, 15) is 9.59 Å². The van der Waals surface area contributed by atoms with Crippen LogP contribution in [0.1, 0.15) is 33.2 Å². The minimum absolute atomic E-state index is 0.0138. The van der Waals surface area contributed by atoms with Crippen molar-refractivity contribution in [2.24, 2.45) is 0 Å². The Morgan fingerprint density at radius 1 is 0.842 bits per heavy atom. The molecule has 92 valence electrons. The van der Waals surface area contributed by atoms with Crippen molar-refractivity contribution in [1.29, 1.82) is 0 Å². The molecule has 2 nitrogen and oxygen atoms in total. The summed E-state index contributed by atoms with van der Waals surface area (Å²) < 4.78 is 0. The second-order valence-electron chi connectivity index (χ2n) is 4.08. The number of carbonyl (C=O) groups is 2. The number of benzene rings is 2. The number of ketones is 2. The summed E-state index contributed by atoms with van der Waals surface area (Å²) in [4.78, 5) is 22.9. The van der Waals surface area contributed by atoms with E-state index < -0.39 is 0 Å². The highest BCUT2D eigenvalue weighted by Gasteiger charge is 2.00. The van der Waals surface area contributed by atoms with Crippen molar-refractivity contribution >= 4 is 11.6 Å². The molecular formula is C17H12O2. The molecule has 2 heteroatoms. The Labute approximate surface area is 112 Å². The van der Waals surface area contributed by atoms with Crippen molar-refractivity contribution in [3.63, 3.8) is 0 Å². The van der Waals surface area contributed by atoms with Crippen LogP contribution in [0.4, 0.5) is 0 Å². The van der Waals surface area contributed by atoms with Crippen LogP contribution in [-0.4, -0.2) is 11.6 Å². The first-order valence-electron chi connectivity index (χ1n) is 5.89. The van der Waals surface area contributed by atoms with Gasteiger partial charge in [-0.25, -0.2) is 0 Å². The minimum Gasteiger partial charge on any atom is -0.295 e. The molecule has 0 atom stereocenters. The van der Waals surface area contributed by atoms with Gasteiger partial charge < -0.3 is 0 Å². The second-order valence-corrected chi connectivity index (χ2v) is 4.08. The van der Waals surface area contributed by atoms with E-state index in [2.05, 4.69) is 11.8 Å². The Kier molecular flexibility index (Phi) is 3.90. The summed E-state index contributed by atoms with van der Waals surface area (Å²) in [6.07, 6.45) is 0. The van der Waals surface area contributed by atoms with Gasteiger partial charge in [0.15, 0.2) is 5.78 Å². The third-order valence-electron chi connectivity index (χ3n) is 2.65. The van der Waals surface area contributed by atoms with Crippen molar-refractivity contribution in [3.8, 4) is 11.8 Å². The van der Waals surface area contributed by atoms with E-state index in [1.54, 1.807) is 48.5 Å². The van der Waals surface area contributed by atoms with Gasteiger partial charge in [0.1, 0.15) is 0 Å². The lowest BCUT2D eigenvalue weighted by atomic mass is 10.1. The predicted molar refractivity (Wildman–Crippen MR) is 74.1 cm³/mol. The number of hydrogen-bond acceptors (Lipinski definition) is 2. The zero-order chi connectivity index (χ0) is 13.7. The summed E-state index contributed by atoms with van der Waals surface area (Å²) in [6.45, 7) is 1.51. The second kappa shape index (κ2) is 5.79. The van der Waals surface area contributed by atoms with Crippen LogP contribution in [-0.2, 0) is 0 Å². The molecule has 2 aromatic rings. The molecule has 19 heavy (non-hydrogen) atoms. The lowest BCUT2D eigenvalue weighted by molar-refractivity contribution is 0.101. The molecule has 0 unspecified atom stereocenters. The van der Waals surface area contributed by atoms with Crippen LogP contribution >= 0.6 is 0 Å². The van der Waals surface area contributed by atoms with Crippen LogP contribution in [0, 0.1) is 11.8 Å². The van der Waals surface area contributed by atoms with Gasteiger partial charge in [0.2, 0.25) is 5.78 Å². The molecule has 0 saturated heterocycles. The zero-order valence-corrected chi connectivity index (χ0v) is 10.5. The Balaban J connectivity index is 2.16. The fourth-order valence-corrected chi connectivity index (χ4v) is 1.58. The lowest BCUT2D eigenvalue weighted by Crippen LogP contribution is -1.94. The summed E-state index contributed by atoms with van der Waals surface area (Å²) in [5.41, 5.74) is 1.93. The highest BCUT2D eigenvalue weighted by Crippen LogP contribution is 2.04. The molecule has 0 heterocycles. The summed E-state index contributed by atoms with van der Waals surface area (Å²) in [6, 6.07) is 15.8. The smallest absolute Gasteiger partial charge is 0.236 e. The molecule has 0 radical (unpaired) electrons. The van der Waals surface area contributed by atoms with Crippen molar-refractivity contribution < 1.29 is 9.59 Å². The van der Waals surface area contributed by atoms with E-state index in [0.717, 1.165) is 0 Å². The first-order chi connectivity index (χ1) is 9.16. The molecule has 0 aromatic heterocycles. The monoisotopic (exact) mass is 248 g/mol. The normalized spacial score (nSPS) is 9.32. The maximum Gasteiger partial charge on any atom is 0.236 e. The van der Waals surface area contributed by atoms with Crippen LogP contribution < -0.4 is 0 Å². The molecule has 0 spiro atoms. The van der Waals surface area contributed by atoms with Gasteiger partial charge in [-0.15, -0.1) is 0 Å². The van der Waals surface area contributed by atoms with E-state index in [-0.39, 0.29) is 11.6 Å². The highest BCUT2D eigenvalue weighted by atomic mass is 16.1. The first-order valence-corrected chi connectivity index (χ1v) is 5.89. The SMILES string of the molecule is CC(=O)c1ccc(C#CC(=O)c2ccccc2)cc1. The van der Waals surface area contributed by atoms with Gasteiger partial charge in [-0.3, -0.25) is 9.59 Å². The summed E-state index contributed by atoms with van der Waals surface area (Å²) in [7, 11) is 0. The molecular weight excluding hydrogens is 236 g/mol. The zero-order valence-electron chi connectivity index (χ0n) is 10.5. The van der Waals surface area contributed by atoms with Crippen molar-refractivity contribution in [3.05, 3.63) is 71.3 Å². The Morgan fingerprint density at radius 3 is 2.05 bits per heavy atom. The number of hydrogen-bond donors (Lipinski definition) is 0. The van der Waals surface area contributed by atoms with Crippen LogP contribution in [0.3, 0.4) is 0 Å². The quantitative estimate of drug-likeness (QED) is 0.604. The third kappa shape index (κ3) is 3.40. The summed E-state index contributed by atoms with van der Waals surface area (Å²) >= 11 is 0. The average Bonchev–Trinajstić information content (AvgIpc) is 2.46. The summed E-state index contributed by atoms with van der Waals surface area (Å²) in [5.74, 6) is 5.19. The average molecular weight is 248 g/mol. The van der Waals surface area contributed by atoms with E-state index in [0.29, 0.717) is 16.7 Å². The van der Waals surface area contributed by atoms with E-state index in [4.69, 9.17) is 0 Å². The van der Waals surface area contributed by atoms with Gasteiger partial charge >= 0.3 is 0 Å². The van der Waals surface area contributed by atoms with Crippen LogP contribution in [0.25, 0.3) is 0 Å². The third-order valence-corrected chi connectivity index (χ3v) is 2.65. The van der Waals surface area contributed by atoms with E-state index in [1.165, 1.54) is 6.92 Å². The minimum atomic E-state index is -0.212. The molecule has 0 bridgehead atoms. The van der Waals surface area contributed by atoms with Crippen LogP contribution in [0.2, 0.25) is 0 Å². The van der Waals surface area contributed by atoms with Crippen molar-refractivity contribution in [2.45, 2.75) is 6.92 Å². The van der Waals surface area contributed by atoms with E-state index in [1.807, 2.05) is 6.07 Å². The molecule has 0 saturated carbocycles. The number of carbonyl (C=O) groups excluding carboxylic acids is 2. The molecule has 0 aliphatic carbocycles. The molecule has 0 aliphatic rings. The Hall–Kier alpha value is -2.66. The molecule has 2 rings (SSSR count). The van der Waals surface area contributed by atoms with Crippen molar-refractivity contribution in [1.82, 2.24) is 0 Å². The lowest BCUT2D eigenvalue weighted by Gasteiger charge is -1.95. The van der Waals surface area contributed by atoms with Gasteiger partial charge in [0.25, 0.3) is 0 Å². The van der Waals surface area contributed by atoms with Gasteiger partial charge in [0.05, 0.1) is 0 Å². The molecule has 0 N–H and O–H groups in total. The maximum atomic E-state index is 11.8. The van der Waals surface area contributed by atoms with Gasteiger partial charge in [-0.2, -0.15) is 0 Å². The van der Waals surface area contributed by atoms with Crippen LogP contribution in [0.5, 0.6) is 0 Å². The standard InChI is InChI=1S/C17H12O2/c1-13(18)15-10-7-14(8-11-15)9-12-17(19)16-5-3-2-4-6-16/h2-8,10-11H,1H3. The number of rotatable bonds is 2. The molecule has 0 aliphatic heterocycles. The molecule has 0 fully saturated rings. The molecule has 0 amide bonds. The fourth-order valence-electron chi connectivity index (χ4n) is 1.58. The van der Waals surface area contributed by atoms with E-state index >= 15 is 0 Å². The largest absolute Gasteiger partial charge is 0.295 e. The van der Waals surface area contributed by atoms with Gasteiger partial charge in [0, 0.05) is 16.7 Å². The summed E-state index contributed by atoms with van der Waals surface area (Å²) in [5, 5.41) is 0. The Morgan fingerprint density at radius 2 is 1.47 bits per heavy atom. The fraction of sp³-hybridized carbons (Fsp3) is 0.0588. The van der Waals surface area contributed by atoms with Gasteiger partial charge in [-0.05, 0) is 25.0 Å². The van der Waals surface area contributed by atoms with Crippen molar-refractivity contribution in [2.75, 3.05) is 0 Å². The highest BCUT2D eigenvalue weighted by molar-refractivity contribution is 6.09. The first kappa shape index (κ1) is 12.8. The molecule has 2 aromatic carbocycles.